The zero-order chi connectivity index (χ0) is 49.7. The maximum absolute atomic E-state index is 2.76. The van der Waals surface area contributed by atoms with Crippen molar-refractivity contribution in [3.8, 4) is 66.8 Å². The van der Waals surface area contributed by atoms with E-state index in [-0.39, 0.29) is 0 Å². The van der Waals surface area contributed by atoms with Crippen molar-refractivity contribution < 1.29 is 0 Å². The number of benzene rings is 12. The second-order valence-electron chi connectivity index (χ2n) is 18.2. The van der Waals surface area contributed by atoms with Crippen molar-refractivity contribution in [1.82, 2.24) is 0 Å². The van der Waals surface area contributed by atoms with Crippen molar-refractivity contribution in [2.24, 2.45) is 0 Å². The molecule has 0 heterocycles. The molecule has 350 valence electrons. The number of rotatable bonds is 12. The van der Waals surface area contributed by atoms with Gasteiger partial charge in [0.1, 0.15) is 0 Å². The SMILES string of the molecule is c1ccc(-c2cccc[c]2[Sn]([c]2ccccc2-c2ccccc2)[c]2ccccc2-c2ccccc2)cc1.c1ccc(-c2cccc[c]2[Sn]([c]2ccccc2-c2ccccc2)[c]2ccccc2-c2ccccc2)cc1. The first-order valence-electron chi connectivity index (χ1n) is 25.4. The van der Waals surface area contributed by atoms with Crippen molar-refractivity contribution in [3.05, 3.63) is 328 Å². The van der Waals surface area contributed by atoms with Gasteiger partial charge in [-0.3, -0.25) is 0 Å². The number of hydrogen-bond acceptors (Lipinski definition) is 0. The molecule has 0 bridgehead atoms. The molecule has 12 rings (SSSR count). The van der Waals surface area contributed by atoms with Crippen LogP contribution in [0.15, 0.2) is 328 Å². The van der Waals surface area contributed by atoms with E-state index in [1.165, 1.54) is 88.2 Å². The fourth-order valence-corrected chi connectivity index (χ4v) is 28.3. The predicted octanol–water partition coefficient (Wildman–Crippen LogP) is 14.4. The molecule has 0 aliphatic rings. The van der Waals surface area contributed by atoms with E-state index < -0.39 is 39.5 Å². The second-order valence-corrected chi connectivity index (χ2v) is 31.7. The van der Waals surface area contributed by atoms with E-state index in [2.05, 4.69) is 328 Å². The Labute approximate surface area is 451 Å². The molecule has 2 heteroatoms. The third-order valence-corrected chi connectivity index (χ3v) is 30.4. The molecule has 0 N–H and O–H groups in total. The van der Waals surface area contributed by atoms with Crippen LogP contribution in [0.3, 0.4) is 0 Å². The molecule has 0 spiro atoms. The normalized spacial score (nSPS) is 10.9. The van der Waals surface area contributed by atoms with Gasteiger partial charge in [0.2, 0.25) is 0 Å². The third-order valence-electron chi connectivity index (χ3n) is 13.7. The Morgan fingerprint density at radius 3 is 0.392 bits per heavy atom. The fraction of sp³-hybridized carbons (Fsp3) is 0. The van der Waals surface area contributed by atoms with Gasteiger partial charge in [-0.15, -0.1) is 0 Å². The number of hydrogen-bond donors (Lipinski definition) is 0. The molecule has 0 aromatic heterocycles. The molecule has 0 saturated heterocycles. The minimum absolute atomic E-state index is 1.28. The molecular weight excluding hydrogens is 1100 g/mol. The summed E-state index contributed by atoms with van der Waals surface area (Å²) in [5.74, 6) is 0. The fourth-order valence-electron chi connectivity index (χ4n) is 10.3. The molecule has 74 heavy (non-hydrogen) atoms. The minimum atomic E-state index is -2.76. The monoisotopic (exact) mass is 1160 g/mol. The van der Waals surface area contributed by atoms with Crippen LogP contribution in [0.5, 0.6) is 0 Å². The Bertz CT molecular complexity index is 3070. The van der Waals surface area contributed by atoms with Crippen molar-refractivity contribution >= 4 is 61.0 Å². The van der Waals surface area contributed by atoms with Crippen LogP contribution >= 0.6 is 0 Å². The van der Waals surface area contributed by atoms with Crippen molar-refractivity contribution in [2.45, 2.75) is 0 Å². The van der Waals surface area contributed by atoms with Crippen molar-refractivity contribution in [1.29, 1.82) is 0 Å². The molecule has 0 amide bonds. The summed E-state index contributed by atoms with van der Waals surface area (Å²) in [4.78, 5) is 0. The van der Waals surface area contributed by atoms with Gasteiger partial charge >= 0.3 is 455 Å². The van der Waals surface area contributed by atoms with Crippen LogP contribution in [0.1, 0.15) is 0 Å². The maximum atomic E-state index is 2.39. The van der Waals surface area contributed by atoms with Crippen LogP contribution in [0.25, 0.3) is 66.8 Å². The van der Waals surface area contributed by atoms with Gasteiger partial charge in [0.05, 0.1) is 0 Å². The van der Waals surface area contributed by atoms with Gasteiger partial charge in [0.25, 0.3) is 0 Å². The van der Waals surface area contributed by atoms with E-state index in [9.17, 15) is 0 Å². The summed E-state index contributed by atoms with van der Waals surface area (Å²) >= 11 is -5.52. The van der Waals surface area contributed by atoms with E-state index >= 15 is 0 Å². The van der Waals surface area contributed by atoms with Crippen LogP contribution in [0, 0.1) is 0 Å². The zero-order valence-corrected chi connectivity index (χ0v) is 46.9. The molecule has 0 aliphatic heterocycles. The van der Waals surface area contributed by atoms with E-state index in [1.807, 2.05) is 0 Å². The topological polar surface area (TPSA) is 0 Å². The van der Waals surface area contributed by atoms with E-state index in [0.717, 1.165) is 0 Å². The molecule has 0 unspecified atom stereocenters. The van der Waals surface area contributed by atoms with Gasteiger partial charge in [0.15, 0.2) is 0 Å². The first-order chi connectivity index (χ1) is 36.8. The first kappa shape index (κ1) is 48.5. The summed E-state index contributed by atoms with van der Waals surface area (Å²) in [6.07, 6.45) is 0. The summed E-state index contributed by atoms with van der Waals surface area (Å²) in [5.41, 5.74) is 15.8. The average molecular weight is 1160 g/mol. The van der Waals surface area contributed by atoms with E-state index in [0.29, 0.717) is 0 Å². The van der Waals surface area contributed by atoms with Gasteiger partial charge in [-0.2, -0.15) is 0 Å². The Balaban J connectivity index is 0.000000159. The summed E-state index contributed by atoms with van der Waals surface area (Å²) in [7, 11) is 0. The predicted molar refractivity (Wildman–Crippen MR) is 321 cm³/mol. The van der Waals surface area contributed by atoms with Gasteiger partial charge < -0.3 is 0 Å². The van der Waals surface area contributed by atoms with Crippen molar-refractivity contribution in [3.63, 3.8) is 0 Å². The van der Waals surface area contributed by atoms with Gasteiger partial charge in [-0.1, -0.05) is 0 Å². The molecule has 0 nitrogen and oxygen atoms in total. The van der Waals surface area contributed by atoms with Gasteiger partial charge in [-0.25, -0.2) is 0 Å². The molecule has 12 aromatic rings. The average Bonchev–Trinajstić information content (AvgIpc) is 3.50. The zero-order valence-electron chi connectivity index (χ0n) is 41.2. The molecular formula is C72H54Sn2. The Morgan fingerprint density at radius 1 is 0.122 bits per heavy atom. The first-order valence-corrected chi connectivity index (χ1v) is 34.0. The van der Waals surface area contributed by atoms with Crippen LogP contribution in [0.2, 0.25) is 0 Å². The molecule has 0 atom stereocenters. The van der Waals surface area contributed by atoms with Gasteiger partial charge in [-0.05, 0) is 0 Å². The van der Waals surface area contributed by atoms with Crippen molar-refractivity contribution in [2.75, 3.05) is 0 Å². The van der Waals surface area contributed by atoms with Crippen LogP contribution in [-0.2, 0) is 0 Å². The summed E-state index contributed by atoms with van der Waals surface area (Å²) in [5, 5.41) is 0. The van der Waals surface area contributed by atoms with E-state index in [1.54, 1.807) is 0 Å². The summed E-state index contributed by atoms with van der Waals surface area (Å²) < 4.78 is 9.02. The second kappa shape index (κ2) is 23.9. The standard InChI is InChI=1S/6C12H9.2Sn/c6*1-3-7-11(8-4-1)12-9-5-2-6-10-12;;/h6*1-9H;;. The summed E-state index contributed by atoms with van der Waals surface area (Å²) in [6, 6.07) is 120. The summed E-state index contributed by atoms with van der Waals surface area (Å²) in [6.45, 7) is 0. The molecule has 0 fully saturated rings. The van der Waals surface area contributed by atoms with Crippen LogP contribution in [0.4, 0.5) is 0 Å². The third kappa shape index (κ3) is 10.8. The molecule has 0 aliphatic carbocycles. The van der Waals surface area contributed by atoms with Gasteiger partial charge in [0, 0.05) is 0 Å². The Kier molecular flexibility index (Phi) is 15.6. The quantitative estimate of drug-likeness (QED) is 0.107. The molecule has 0 saturated carbocycles. The Hall–Kier alpha value is -7.76. The molecule has 2 radical (unpaired) electrons. The van der Waals surface area contributed by atoms with Crippen LogP contribution < -0.4 is 21.5 Å². The van der Waals surface area contributed by atoms with E-state index in [4.69, 9.17) is 0 Å². The Morgan fingerprint density at radius 2 is 0.243 bits per heavy atom. The molecule has 12 aromatic carbocycles. The van der Waals surface area contributed by atoms with Crippen LogP contribution in [-0.4, -0.2) is 39.5 Å².